The first-order chi connectivity index (χ1) is 8.69. The third-order valence-corrected chi connectivity index (χ3v) is 3.39. The summed E-state index contributed by atoms with van der Waals surface area (Å²) in [6.45, 7) is 9.79. The molecular weight excluding hydrogens is 333 g/mol. The van der Waals surface area contributed by atoms with Crippen molar-refractivity contribution in [2.24, 2.45) is 5.92 Å². The molecule has 1 atom stereocenters. The average molecular weight is 353 g/mol. The Morgan fingerprint density at radius 1 is 1.42 bits per heavy atom. The number of hydrogen-bond acceptors (Lipinski definition) is 2. The molecule has 0 radical (unpaired) electrons. The number of nitrogens with one attached hydrogen (secondary N) is 1. The van der Waals surface area contributed by atoms with Gasteiger partial charge in [-0.05, 0) is 42.8 Å². The smallest absolute Gasteiger partial charge is 0.145 e. The normalized spacial score (nSPS) is 13.4. The van der Waals surface area contributed by atoms with E-state index in [0.717, 1.165) is 6.54 Å². The summed E-state index contributed by atoms with van der Waals surface area (Å²) in [5.74, 6) is 0.328. The van der Waals surface area contributed by atoms with E-state index in [-0.39, 0.29) is 10.6 Å². The molecule has 5 heteroatoms. The third-order valence-electron chi connectivity index (χ3n) is 2.48. The average Bonchev–Trinajstić information content (AvgIpc) is 2.28. The molecule has 0 aliphatic heterocycles. The number of rotatable bonds is 5. The van der Waals surface area contributed by atoms with Gasteiger partial charge in [0.15, 0.2) is 0 Å². The lowest BCUT2D eigenvalue weighted by Crippen LogP contribution is -2.39. The molecule has 0 amide bonds. The molecule has 19 heavy (non-hydrogen) atoms. The fourth-order valence-electron chi connectivity index (χ4n) is 1.39. The van der Waals surface area contributed by atoms with Crippen molar-refractivity contribution in [1.29, 1.82) is 0 Å². The van der Waals surface area contributed by atoms with Crippen LogP contribution in [0.3, 0.4) is 0 Å². The minimum absolute atomic E-state index is 0.0845. The Bertz CT molecular complexity index is 434. The molecule has 0 spiro atoms. The predicted octanol–water partition coefficient (Wildman–Crippen LogP) is 4.64. The molecule has 0 aromatic heterocycles. The van der Waals surface area contributed by atoms with E-state index in [1.807, 2.05) is 0 Å². The van der Waals surface area contributed by atoms with Crippen LogP contribution in [0.2, 0.25) is 5.02 Å². The highest BCUT2D eigenvalue weighted by Crippen LogP contribution is 2.30. The van der Waals surface area contributed by atoms with Crippen LogP contribution < -0.4 is 10.1 Å². The largest absolute Gasteiger partial charge is 0.492 e. The van der Waals surface area contributed by atoms with Gasteiger partial charge >= 0.3 is 0 Å². The molecule has 1 aromatic rings. The van der Waals surface area contributed by atoms with Crippen LogP contribution >= 0.6 is 27.5 Å². The fourth-order valence-corrected chi connectivity index (χ4v) is 2.14. The lowest BCUT2D eigenvalue weighted by Gasteiger charge is -2.23. The van der Waals surface area contributed by atoms with Gasteiger partial charge in [-0.2, -0.15) is 0 Å². The maximum absolute atomic E-state index is 13.3. The summed E-state index contributed by atoms with van der Waals surface area (Å²) in [5.41, 5.74) is 0.0845. The van der Waals surface area contributed by atoms with Gasteiger partial charge in [0.25, 0.3) is 0 Å². The highest BCUT2D eigenvalue weighted by molar-refractivity contribution is 9.10. The van der Waals surface area contributed by atoms with Crippen molar-refractivity contribution in [3.8, 4) is 5.75 Å². The maximum atomic E-state index is 13.3. The first-order valence-corrected chi connectivity index (χ1v) is 7.38. The molecule has 0 aliphatic rings. The number of ether oxygens (including phenoxy) is 1. The summed E-state index contributed by atoms with van der Waals surface area (Å²) < 4.78 is 19.6. The summed E-state index contributed by atoms with van der Waals surface area (Å²) in [4.78, 5) is 0. The lowest BCUT2D eigenvalue weighted by atomic mass is 10.1. The molecular formula is C14H20BrClFNO. The zero-order valence-electron chi connectivity index (χ0n) is 11.7. The Morgan fingerprint density at radius 2 is 2.05 bits per heavy atom. The monoisotopic (exact) mass is 351 g/mol. The van der Waals surface area contributed by atoms with Gasteiger partial charge in [-0.15, -0.1) is 0 Å². The molecule has 1 unspecified atom stereocenters. The van der Waals surface area contributed by atoms with E-state index in [2.05, 4.69) is 48.9 Å². The zero-order valence-corrected chi connectivity index (χ0v) is 14.0. The number of halogens is 3. The van der Waals surface area contributed by atoms with Crippen molar-refractivity contribution in [3.63, 3.8) is 0 Å². The number of benzene rings is 1. The van der Waals surface area contributed by atoms with E-state index in [1.54, 1.807) is 0 Å². The van der Waals surface area contributed by atoms with Gasteiger partial charge in [-0.1, -0.05) is 18.5 Å². The molecule has 0 aliphatic carbocycles. The van der Waals surface area contributed by atoms with E-state index < -0.39 is 5.82 Å². The Kier molecular flexibility index (Phi) is 6.09. The standard InChI is InChI=1S/C14H20BrClFNO/c1-9(7-18-14(2,3)4)8-19-13-6-12(17)11(16)5-10(13)15/h5-6,9,18H,7-8H2,1-4H3. The molecule has 2 nitrogen and oxygen atoms in total. The lowest BCUT2D eigenvalue weighted by molar-refractivity contribution is 0.242. The van der Waals surface area contributed by atoms with E-state index in [9.17, 15) is 4.39 Å². The van der Waals surface area contributed by atoms with Crippen LogP contribution in [0.15, 0.2) is 16.6 Å². The first kappa shape index (κ1) is 16.7. The zero-order chi connectivity index (χ0) is 14.6. The minimum Gasteiger partial charge on any atom is -0.492 e. The van der Waals surface area contributed by atoms with E-state index in [0.29, 0.717) is 22.7 Å². The summed E-state index contributed by atoms with van der Waals surface area (Å²) in [7, 11) is 0. The van der Waals surface area contributed by atoms with Crippen LogP contribution in [0, 0.1) is 11.7 Å². The van der Waals surface area contributed by atoms with E-state index >= 15 is 0 Å². The molecule has 1 N–H and O–H groups in total. The second-order valence-corrected chi connectivity index (χ2v) is 7.01. The second-order valence-electron chi connectivity index (χ2n) is 5.74. The van der Waals surface area contributed by atoms with Crippen molar-refractivity contribution >= 4 is 27.5 Å². The van der Waals surface area contributed by atoms with Crippen molar-refractivity contribution < 1.29 is 9.13 Å². The molecule has 0 bridgehead atoms. The van der Waals surface area contributed by atoms with Crippen molar-refractivity contribution in [3.05, 3.63) is 27.4 Å². The highest BCUT2D eigenvalue weighted by atomic mass is 79.9. The summed E-state index contributed by atoms with van der Waals surface area (Å²) >= 11 is 8.99. The van der Waals surface area contributed by atoms with Gasteiger partial charge in [0.2, 0.25) is 0 Å². The predicted molar refractivity (Wildman–Crippen MR) is 81.5 cm³/mol. The topological polar surface area (TPSA) is 21.3 Å². The van der Waals surface area contributed by atoms with Gasteiger partial charge in [-0.25, -0.2) is 4.39 Å². The summed E-state index contributed by atoms with van der Waals surface area (Å²) in [6.07, 6.45) is 0. The summed E-state index contributed by atoms with van der Waals surface area (Å²) in [5, 5.41) is 3.49. The Morgan fingerprint density at radius 3 is 2.63 bits per heavy atom. The highest BCUT2D eigenvalue weighted by Gasteiger charge is 2.13. The molecule has 108 valence electrons. The molecule has 0 fully saturated rings. The Hall–Kier alpha value is -0.320. The van der Waals surface area contributed by atoms with Crippen LogP contribution in [-0.2, 0) is 0 Å². The third kappa shape index (κ3) is 6.11. The SMILES string of the molecule is CC(CNC(C)(C)C)COc1cc(F)c(Cl)cc1Br. The van der Waals surface area contributed by atoms with Crippen molar-refractivity contribution in [1.82, 2.24) is 5.32 Å². The van der Waals surface area contributed by atoms with Gasteiger partial charge in [-0.3, -0.25) is 0 Å². The van der Waals surface area contributed by atoms with Crippen LogP contribution in [0.4, 0.5) is 4.39 Å². The second kappa shape index (κ2) is 6.91. The van der Waals surface area contributed by atoms with Crippen LogP contribution in [-0.4, -0.2) is 18.7 Å². The quantitative estimate of drug-likeness (QED) is 0.779. The molecule has 0 saturated heterocycles. The Balaban J connectivity index is 2.51. The summed E-state index contributed by atoms with van der Waals surface area (Å²) in [6, 6.07) is 2.81. The first-order valence-electron chi connectivity index (χ1n) is 6.21. The van der Waals surface area contributed by atoms with Crippen molar-refractivity contribution in [2.45, 2.75) is 33.2 Å². The van der Waals surface area contributed by atoms with Gasteiger partial charge < -0.3 is 10.1 Å². The van der Waals surface area contributed by atoms with Crippen LogP contribution in [0.1, 0.15) is 27.7 Å². The fraction of sp³-hybridized carbons (Fsp3) is 0.571. The van der Waals surface area contributed by atoms with Crippen LogP contribution in [0.25, 0.3) is 0 Å². The van der Waals surface area contributed by atoms with Gasteiger partial charge in [0, 0.05) is 24.1 Å². The van der Waals surface area contributed by atoms with Gasteiger partial charge in [0.05, 0.1) is 16.1 Å². The maximum Gasteiger partial charge on any atom is 0.145 e. The van der Waals surface area contributed by atoms with E-state index in [1.165, 1.54) is 12.1 Å². The van der Waals surface area contributed by atoms with Crippen LogP contribution in [0.5, 0.6) is 5.75 Å². The van der Waals surface area contributed by atoms with Crippen molar-refractivity contribution in [2.75, 3.05) is 13.2 Å². The molecule has 0 saturated carbocycles. The number of hydrogen-bond donors (Lipinski definition) is 1. The molecule has 1 aromatic carbocycles. The van der Waals surface area contributed by atoms with Gasteiger partial charge in [0.1, 0.15) is 11.6 Å². The van der Waals surface area contributed by atoms with E-state index in [4.69, 9.17) is 16.3 Å². The Labute approximate surface area is 127 Å². The molecule has 0 heterocycles. The molecule has 1 rings (SSSR count). The minimum atomic E-state index is -0.472.